The zero-order valence-electron chi connectivity index (χ0n) is 18.1. The highest BCUT2D eigenvalue weighted by atomic mass is 35.5. The van der Waals surface area contributed by atoms with Crippen LogP contribution in [-0.4, -0.2) is 21.5 Å². The first-order chi connectivity index (χ1) is 17.3. The summed E-state index contributed by atoms with van der Waals surface area (Å²) in [7, 11) is 0. The van der Waals surface area contributed by atoms with E-state index in [1.165, 1.54) is 6.07 Å². The molecular formula is C23H12ClF9N4. The number of hydrogen-bond donors (Lipinski definition) is 1. The van der Waals surface area contributed by atoms with Gasteiger partial charge in [-0.25, -0.2) is 23.1 Å². The van der Waals surface area contributed by atoms with Crippen molar-refractivity contribution < 1.29 is 39.5 Å². The Morgan fingerprint density at radius 1 is 0.892 bits per heavy atom. The summed E-state index contributed by atoms with van der Waals surface area (Å²) >= 11 is 5.89. The standard InChI is InChI=1S/C23H12ClF9N4/c24-12-6-11-9-4-5-37(21-35-16(22(28,29)30)8-17(36-21)23(31,32)33)20(10-2-1-3-13(25)18(10)27)19(9)34-15(11)7-14(12)26/h1-3,6-8,20,34H,4-5H2. The number of H-pyrrole nitrogens is 1. The van der Waals surface area contributed by atoms with Gasteiger partial charge in [0.15, 0.2) is 23.0 Å². The molecule has 4 nitrogen and oxygen atoms in total. The van der Waals surface area contributed by atoms with Crippen molar-refractivity contribution in [2.45, 2.75) is 24.8 Å². The van der Waals surface area contributed by atoms with Crippen molar-refractivity contribution in [2.75, 3.05) is 11.4 Å². The Labute approximate surface area is 206 Å². The van der Waals surface area contributed by atoms with Gasteiger partial charge in [0.05, 0.1) is 5.02 Å². The number of halogens is 10. The van der Waals surface area contributed by atoms with Gasteiger partial charge < -0.3 is 9.88 Å². The molecule has 0 saturated carbocycles. The van der Waals surface area contributed by atoms with Crippen LogP contribution in [0.15, 0.2) is 36.4 Å². The Balaban J connectivity index is 1.78. The third-order valence-corrected chi connectivity index (χ3v) is 6.29. The van der Waals surface area contributed by atoms with Crippen LogP contribution in [-0.2, 0) is 18.8 Å². The Hall–Kier alpha value is -3.48. The third kappa shape index (κ3) is 4.34. The van der Waals surface area contributed by atoms with Crippen LogP contribution in [0.4, 0.5) is 45.5 Å². The monoisotopic (exact) mass is 550 g/mol. The van der Waals surface area contributed by atoms with E-state index in [1.807, 2.05) is 0 Å². The quantitative estimate of drug-likeness (QED) is 0.268. The molecule has 0 amide bonds. The van der Waals surface area contributed by atoms with Crippen LogP contribution in [0.2, 0.25) is 5.02 Å². The number of nitrogens with zero attached hydrogens (tertiary/aromatic N) is 3. The molecule has 0 spiro atoms. The van der Waals surface area contributed by atoms with E-state index in [-0.39, 0.29) is 35.3 Å². The van der Waals surface area contributed by atoms with Crippen molar-refractivity contribution in [1.29, 1.82) is 0 Å². The molecule has 1 unspecified atom stereocenters. The zero-order chi connectivity index (χ0) is 26.9. The highest BCUT2D eigenvalue weighted by Crippen LogP contribution is 2.43. The molecule has 5 rings (SSSR count). The molecule has 0 saturated heterocycles. The van der Waals surface area contributed by atoms with Crippen LogP contribution in [0.1, 0.15) is 34.3 Å². The van der Waals surface area contributed by atoms with E-state index < -0.39 is 58.7 Å². The second kappa shape index (κ2) is 8.54. The van der Waals surface area contributed by atoms with Crippen LogP contribution < -0.4 is 4.90 Å². The van der Waals surface area contributed by atoms with Gasteiger partial charge in [0, 0.05) is 28.7 Å². The molecule has 1 aliphatic heterocycles. The Morgan fingerprint density at radius 3 is 2.16 bits per heavy atom. The molecule has 0 radical (unpaired) electrons. The van der Waals surface area contributed by atoms with Crippen molar-refractivity contribution in [3.05, 3.63) is 87.1 Å². The molecule has 1 N–H and O–H groups in total. The van der Waals surface area contributed by atoms with Crippen LogP contribution >= 0.6 is 11.6 Å². The van der Waals surface area contributed by atoms with Gasteiger partial charge in [-0.1, -0.05) is 23.7 Å². The van der Waals surface area contributed by atoms with Crippen molar-refractivity contribution in [1.82, 2.24) is 15.0 Å². The first-order valence-electron chi connectivity index (χ1n) is 10.5. The van der Waals surface area contributed by atoms with E-state index in [4.69, 9.17) is 11.6 Å². The number of nitrogens with one attached hydrogen (secondary N) is 1. The normalized spacial score (nSPS) is 16.4. The summed E-state index contributed by atoms with van der Waals surface area (Å²) in [5, 5.41) is 0.171. The highest BCUT2D eigenvalue weighted by molar-refractivity contribution is 6.31. The summed E-state index contributed by atoms with van der Waals surface area (Å²) in [6.07, 6.45) is -10.5. The van der Waals surface area contributed by atoms with E-state index in [9.17, 15) is 39.5 Å². The van der Waals surface area contributed by atoms with Crippen LogP contribution in [0.5, 0.6) is 0 Å². The predicted octanol–water partition coefficient (Wildman–Crippen LogP) is 7.22. The summed E-state index contributed by atoms with van der Waals surface area (Å²) in [5.74, 6) is -4.47. The number of fused-ring (bicyclic) bond motifs is 3. The molecule has 2 aromatic heterocycles. The first-order valence-corrected chi connectivity index (χ1v) is 10.9. The predicted molar refractivity (Wildman–Crippen MR) is 115 cm³/mol. The van der Waals surface area contributed by atoms with Gasteiger partial charge in [-0.3, -0.25) is 0 Å². The maximum atomic E-state index is 15.0. The van der Waals surface area contributed by atoms with Gasteiger partial charge in [-0.05, 0) is 36.2 Å². The number of aromatic amines is 1. The summed E-state index contributed by atoms with van der Waals surface area (Å²) in [4.78, 5) is 10.4. The fourth-order valence-corrected chi connectivity index (χ4v) is 4.57. The third-order valence-electron chi connectivity index (χ3n) is 6.00. The molecule has 14 heteroatoms. The van der Waals surface area contributed by atoms with Gasteiger partial charge >= 0.3 is 12.4 Å². The van der Waals surface area contributed by atoms with E-state index in [1.54, 1.807) is 0 Å². The maximum absolute atomic E-state index is 15.0. The van der Waals surface area contributed by atoms with E-state index in [0.29, 0.717) is 10.9 Å². The van der Waals surface area contributed by atoms with Crippen molar-refractivity contribution in [2.24, 2.45) is 0 Å². The van der Waals surface area contributed by atoms with E-state index >= 15 is 0 Å². The molecule has 37 heavy (non-hydrogen) atoms. The summed E-state index contributed by atoms with van der Waals surface area (Å²) in [6.45, 7) is -0.284. The smallest absolute Gasteiger partial charge is 0.356 e. The van der Waals surface area contributed by atoms with Gasteiger partial charge in [0.2, 0.25) is 5.95 Å². The summed E-state index contributed by atoms with van der Waals surface area (Å²) in [6, 6.07) is 3.68. The topological polar surface area (TPSA) is 44.8 Å². The lowest BCUT2D eigenvalue weighted by molar-refractivity contribution is -0.147. The van der Waals surface area contributed by atoms with E-state index in [0.717, 1.165) is 29.2 Å². The minimum absolute atomic E-state index is 0.00564. The number of anilines is 1. The van der Waals surface area contributed by atoms with Crippen molar-refractivity contribution in [3.8, 4) is 0 Å². The molecular weight excluding hydrogens is 539 g/mol. The average molecular weight is 551 g/mol. The van der Waals surface area contributed by atoms with Crippen LogP contribution in [0.25, 0.3) is 10.9 Å². The fraction of sp³-hybridized carbons (Fsp3) is 0.217. The molecule has 1 aliphatic rings. The molecule has 0 aliphatic carbocycles. The van der Waals surface area contributed by atoms with E-state index in [2.05, 4.69) is 15.0 Å². The molecule has 3 heterocycles. The lowest BCUT2D eigenvalue weighted by Gasteiger charge is -2.36. The van der Waals surface area contributed by atoms with Gasteiger partial charge in [-0.15, -0.1) is 0 Å². The molecule has 2 aromatic carbocycles. The molecule has 194 valence electrons. The van der Waals surface area contributed by atoms with Gasteiger partial charge in [-0.2, -0.15) is 26.3 Å². The van der Waals surface area contributed by atoms with Crippen LogP contribution in [0, 0.1) is 17.5 Å². The molecule has 0 fully saturated rings. The minimum Gasteiger partial charge on any atom is -0.356 e. The fourth-order valence-electron chi connectivity index (χ4n) is 4.41. The van der Waals surface area contributed by atoms with Gasteiger partial charge in [0.1, 0.15) is 11.9 Å². The second-order valence-corrected chi connectivity index (χ2v) is 8.66. The Kier molecular flexibility index (Phi) is 5.81. The highest BCUT2D eigenvalue weighted by Gasteiger charge is 2.42. The molecule has 4 aromatic rings. The molecule has 1 atom stereocenters. The lowest BCUT2D eigenvalue weighted by Crippen LogP contribution is -2.38. The lowest BCUT2D eigenvalue weighted by atomic mass is 9.92. The number of rotatable bonds is 2. The number of alkyl halides is 6. The van der Waals surface area contributed by atoms with Crippen LogP contribution in [0.3, 0.4) is 0 Å². The first kappa shape index (κ1) is 25.2. The summed E-state index contributed by atoms with van der Waals surface area (Å²) in [5.41, 5.74) is -3.41. The minimum atomic E-state index is -5.26. The SMILES string of the molecule is Fc1cc2[nH]c3c(c2cc1Cl)CCN(c1nc(C(F)(F)F)cc(C(F)(F)F)n1)C3c1cccc(F)c1F. The zero-order valence-corrected chi connectivity index (χ0v) is 18.8. The Morgan fingerprint density at radius 2 is 1.54 bits per heavy atom. The maximum Gasteiger partial charge on any atom is 0.433 e. The van der Waals surface area contributed by atoms with Gasteiger partial charge in [0.25, 0.3) is 0 Å². The number of hydrogen-bond acceptors (Lipinski definition) is 3. The van der Waals surface area contributed by atoms with Crippen molar-refractivity contribution >= 4 is 28.5 Å². The summed E-state index contributed by atoms with van der Waals surface area (Å²) < 4.78 is 124. The number of benzene rings is 2. The number of aromatic nitrogens is 3. The second-order valence-electron chi connectivity index (χ2n) is 8.25. The Bertz CT molecular complexity index is 1500. The molecule has 0 bridgehead atoms. The largest absolute Gasteiger partial charge is 0.433 e. The van der Waals surface area contributed by atoms with Crippen molar-refractivity contribution in [3.63, 3.8) is 0 Å². The average Bonchev–Trinajstić information content (AvgIpc) is 3.16.